The molecule has 0 radical (unpaired) electrons. The molecule has 2 atom stereocenters. The van der Waals surface area contributed by atoms with Crippen LogP contribution in [0.3, 0.4) is 0 Å². The predicted octanol–water partition coefficient (Wildman–Crippen LogP) is 2.43. The molecule has 1 aromatic carbocycles. The second-order valence-electron chi connectivity index (χ2n) is 6.01. The average molecular weight is 314 g/mol. The fraction of sp³-hybridized carbons (Fsp3) is 0.353. The molecule has 120 valence electrons. The number of nitrogens with one attached hydrogen (secondary N) is 1. The third-order valence-electron chi connectivity index (χ3n) is 4.20. The lowest BCUT2D eigenvalue weighted by molar-refractivity contribution is -0.122. The van der Waals surface area contributed by atoms with Crippen LogP contribution in [0.25, 0.3) is 0 Å². The van der Waals surface area contributed by atoms with Crippen molar-refractivity contribution < 1.29 is 9.18 Å². The van der Waals surface area contributed by atoms with Gasteiger partial charge >= 0.3 is 0 Å². The highest BCUT2D eigenvalue weighted by Gasteiger charge is 2.43. The van der Waals surface area contributed by atoms with E-state index in [1.165, 1.54) is 24.4 Å². The van der Waals surface area contributed by atoms with Crippen molar-refractivity contribution >= 4 is 12.1 Å². The van der Waals surface area contributed by atoms with Crippen molar-refractivity contribution in [1.82, 2.24) is 15.2 Å². The minimum absolute atomic E-state index is 0.0605. The summed E-state index contributed by atoms with van der Waals surface area (Å²) in [6.07, 6.45) is 2.13. The van der Waals surface area contributed by atoms with Gasteiger partial charge in [0.2, 0.25) is 11.9 Å². The van der Waals surface area contributed by atoms with Crippen LogP contribution in [0, 0.1) is 25.7 Å². The van der Waals surface area contributed by atoms with Gasteiger partial charge in [-0.25, -0.2) is 10.1 Å². The van der Waals surface area contributed by atoms with Crippen molar-refractivity contribution in [3.8, 4) is 0 Å². The van der Waals surface area contributed by atoms with Gasteiger partial charge in [0.15, 0.2) is 0 Å². The summed E-state index contributed by atoms with van der Waals surface area (Å²) in [5.74, 6) is -0.407. The van der Waals surface area contributed by atoms with E-state index in [1.807, 2.05) is 6.92 Å². The Kier molecular flexibility index (Phi) is 3.98. The Hall–Kier alpha value is -2.50. The van der Waals surface area contributed by atoms with Crippen molar-refractivity contribution in [3.63, 3.8) is 0 Å². The molecule has 0 bridgehead atoms. The van der Waals surface area contributed by atoms with Gasteiger partial charge in [0, 0.05) is 13.0 Å². The molecule has 1 aromatic heterocycles. The SMILES string of the molecule is Cc1ccc([C@H]2C[C@@H]2C(=O)N/N=C\c2c(C)nn(C)c2F)cc1. The molecule has 3 rings (SSSR count). The lowest BCUT2D eigenvalue weighted by atomic mass is 10.1. The van der Waals surface area contributed by atoms with Crippen LogP contribution in [0.4, 0.5) is 4.39 Å². The van der Waals surface area contributed by atoms with Gasteiger partial charge in [-0.15, -0.1) is 0 Å². The second kappa shape index (κ2) is 5.95. The molecule has 1 aliphatic carbocycles. The zero-order valence-electron chi connectivity index (χ0n) is 13.4. The van der Waals surface area contributed by atoms with Gasteiger partial charge in [0.25, 0.3) is 0 Å². The van der Waals surface area contributed by atoms with Crippen LogP contribution in [-0.2, 0) is 11.8 Å². The monoisotopic (exact) mass is 314 g/mol. The van der Waals surface area contributed by atoms with Crippen molar-refractivity contribution in [3.05, 3.63) is 52.6 Å². The molecule has 5 nitrogen and oxygen atoms in total. The highest BCUT2D eigenvalue weighted by atomic mass is 19.1. The van der Waals surface area contributed by atoms with Crippen LogP contribution in [0.15, 0.2) is 29.4 Å². The quantitative estimate of drug-likeness (QED) is 0.696. The second-order valence-corrected chi connectivity index (χ2v) is 6.01. The highest BCUT2D eigenvalue weighted by molar-refractivity contribution is 5.86. The molecule has 0 saturated heterocycles. The summed E-state index contributed by atoms with van der Waals surface area (Å²) in [6.45, 7) is 3.73. The lowest BCUT2D eigenvalue weighted by Gasteiger charge is -2.01. The molecule has 6 heteroatoms. The van der Waals surface area contributed by atoms with E-state index in [9.17, 15) is 9.18 Å². The van der Waals surface area contributed by atoms with Crippen molar-refractivity contribution in [2.24, 2.45) is 18.1 Å². The fourth-order valence-corrected chi connectivity index (χ4v) is 2.70. The van der Waals surface area contributed by atoms with E-state index >= 15 is 0 Å². The largest absolute Gasteiger partial charge is 0.273 e. The van der Waals surface area contributed by atoms with Gasteiger partial charge in [-0.3, -0.25) is 4.79 Å². The maximum atomic E-state index is 13.7. The van der Waals surface area contributed by atoms with Gasteiger partial charge < -0.3 is 0 Å². The van der Waals surface area contributed by atoms with E-state index in [-0.39, 0.29) is 17.7 Å². The molecule has 2 aromatic rings. The number of amides is 1. The third kappa shape index (κ3) is 3.16. The smallest absolute Gasteiger partial charge is 0.243 e. The van der Waals surface area contributed by atoms with Crippen LogP contribution in [0.5, 0.6) is 0 Å². The first-order valence-corrected chi connectivity index (χ1v) is 7.56. The first-order valence-electron chi connectivity index (χ1n) is 7.56. The predicted molar refractivity (Wildman–Crippen MR) is 85.7 cm³/mol. The summed E-state index contributed by atoms with van der Waals surface area (Å²) in [5.41, 5.74) is 5.70. The van der Waals surface area contributed by atoms with Crippen molar-refractivity contribution in [1.29, 1.82) is 0 Å². The zero-order valence-corrected chi connectivity index (χ0v) is 13.4. The maximum Gasteiger partial charge on any atom is 0.243 e. The number of halogens is 1. The first-order chi connectivity index (χ1) is 11.0. The number of aromatic nitrogens is 2. The van der Waals surface area contributed by atoms with E-state index < -0.39 is 5.95 Å². The van der Waals surface area contributed by atoms with E-state index in [2.05, 4.69) is 39.9 Å². The van der Waals surface area contributed by atoms with Crippen LogP contribution in [0.1, 0.15) is 34.7 Å². The van der Waals surface area contributed by atoms with Crippen molar-refractivity contribution in [2.75, 3.05) is 0 Å². The summed E-state index contributed by atoms with van der Waals surface area (Å²) in [6, 6.07) is 8.22. The summed E-state index contributed by atoms with van der Waals surface area (Å²) in [4.78, 5) is 12.1. The van der Waals surface area contributed by atoms with E-state index in [0.29, 0.717) is 11.3 Å². The molecular weight excluding hydrogens is 295 g/mol. The Morgan fingerprint density at radius 3 is 2.70 bits per heavy atom. The average Bonchev–Trinajstić information content (AvgIpc) is 3.27. The summed E-state index contributed by atoms with van der Waals surface area (Å²) in [5, 5.41) is 7.81. The van der Waals surface area contributed by atoms with E-state index in [4.69, 9.17) is 0 Å². The molecule has 0 unspecified atom stereocenters. The van der Waals surface area contributed by atoms with E-state index in [0.717, 1.165) is 11.1 Å². The molecule has 1 N–H and O–H groups in total. The Balaban J connectivity index is 1.58. The minimum Gasteiger partial charge on any atom is -0.273 e. The summed E-state index contributed by atoms with van der Waals surface area (Å²) < 4.78 is 14.9. The number of hydrazone groups is 1. The van der Waals surface area contributed by atoms with Gasteiger partial charge in [-0.05, 0) is 31.7 Å². The normalized spacial score (nSPS) is 20.0. The number of carbonyl (C=O) groups is 1. The summed E-state index contributed by atoms with van der Waals surface area (Å²) in [7, 11) is 1.52. The molecule has 0 spiro atoms. The number of nitrogens with zero attached hydrogens (tertiary/aromatic N) is 3. The van der Waals surface area contributed by atoms with Gasteiger partial charge in [-0.1, -0.05) is 29.8 Å². The zero-order chi connectivity index (χ0) is 16.6. The van der Waals surface area contributed by atoms with Crippen LogP contribution >= 0.6 is 0 Å². The third-order valence-corrected chi connectivity index (χ3v) is 4.20. The molecule has 1 aliphatic rings. The molecular formula is C17H19FN4O. The lowest BCUT2D eigenvalue weighted by Crippen LogP contribution is -2.20. The Bertz CT molecular complexity index is 764. The Morgan fingerprint density at radius 1 is 1.39 bits per heavy atom. The van der Waals surface area contributed by atoms with Gasteiger partial charge in [-0.2, -0.15) is 14.6 Å². The molecule has 1 amide bonds. The highest BCUT2D eigenvalue weighted by Crippen LogP contribution is 2.47. The van der Waals surface area contributed by atoms with Crippen LogP contribution < -0.4 is 5.43 Å². The molecule has 23 heavy (non-hydrogen) atoms. The summed E-state index contributed by atoms with van der Waals surface area (Å²) >= 11 is 0. The molecule has 1 heterocycles. The Labute approximate surface area is 134 Å². The number of carbonyl (C=O) groups excluding carboxylic acids is 1. The number of aryl methyl sites for hydroxylation is 3. The van der Waals surface area contributed by atoms with Gasteiger partial charge in [0.1, 0.15) is 0 Å². The number of hydrogen-bond acceptors (Lipinski definition) is 3. The number of benzene rings is 1. The Morgan fingerprint density at radius 2 is 2.09 bits per heavy atom. The fourth-order valence-electron chi connectivity index (χ4n) is 2.70. The van der Waals surface area contributed by atoms with Crippen LogP contribution in [-0.4, -0.2) is 21.9 Å². The molecule has 1 fully saturated rings. The molecule has 1 saturated carbocycles. The standard InChI is InChI=1S/C17H19FN4O/c1-10-4-6-12(7-5-10)13-8-14(13)17(23)20-19-9-15-11(2)21-22(3)16(15)18/h4-7,9,13-14H,8H2,1-3H3,(H,20,23)/b19-9-/t13-,14+/m1/s1. The maximum absolute atomic E-state index is 13.7. The minimum atomic E-state index is -0.468. The molecule has 0 aliphatic heterocycles. The number of rotatable bonds is 4. The van der Waals surface area contributed by atoms with E-state index in [1.54, 1.807) is 6.92 Å². The van der Waals surface area contributed by atoms with Gasteiger partial charge in [0.05, 0.1) is 17.5 Å². The topological polar surface area (TPSA) is 59.3 Å². The van der Waals surface area contributed by atoms with Crippen molar-refractivity contribution in [2.45, 2.75) is 26.2 Å². The van der Waals surface area contributed by atoms with Crippen LogP contribution in [0.2, 0.25) is 0 Å². The first kappa shape index (κ1) is 15.4. The number of hydrogen-bond donors (Lipinski definition) is 1.